The Morgan fingerprint density at radius 1 is 0.318 bits per heavy atom. The van der Waals surface area contributed by atoms with Gasteiger partial charge in [0.25, 0.3) is 0 Å². The summed E-state index contributed by atoms with van der Waals surface area (Å²) in [6.07, 6.45) is 5.29. The number of pyridine rings is 3. The lowest BCUT2D eigenvalue weighted by Crippen LogP contribution is -2.01. The van der Waals surface area contributed by atoms with Crippen molar-refractivity contribution in [2.24, 2.45) is 0 Å². The number of benzene rings is 6. The smallest absolute Gasteiger partial charge is 0.188 e. The van der Waals surface area contributed by atoms with Crippen molar-refractivity contribution in [3.05, 3.63) is 164 Å². The van der Waals surface area contributed by atoms with Crippen LogP contribution in [0.2, 0.25) is 0 Å². The molecule has 4 heterocycles. The second kappa shape index (κ2) is 18.9. The van der Waals surface area contributed by atoms with Crippen LogP contribution in [0.3, 0.4) is 0 Å². The molecule has 12 nitrogen and oxygen atoms in total. The van der Waals surface area contributed by atoms with E-state index in [1.54, 1.807) is 39.9 Å². The van der Waals surface area contributed by atoms with Gasteiger partial charge in [-0.1, -0.05) is 91.0 Å². The van der Waals surface area contributed by atoms with Crippen molar-refractivity contribution in [2.45, 2.75) is 0 Å². The molecule has 0 saturated heterocycles. The molecule has 0 amide bonds. The standard InChI is InChI=1S/C54H42N6O6/c1-61-31-64-46-25-22-40(43-7-4-28-55-49(43)46)34-10-16-37(17-11-34)52-58-53(38-18-12-35(13-19-38)41-23-26-47(65-32-62-2)50-44(41)8-5-29-56-50)60-54(59-52)39-20-14-36(15-21-39)42-24-27-48(66-33-63-3)51-45(42)9-6-30-57-51/h4-30H,31-33H2,1-3H3. The molecule has 0 fully saturated rings. The van der Waals surface area contributed by atoms with Gasteiger partial charge in [-0.05, 0) is 88.0 Å². The zero-order valence-electron chi connectivity index (χ0n) is 36.3. The van der Waals surface area contributed by atoms with Gasteiger partial charge in [-0.3, -0.25) is 15.0 Å². The monoisotopic (exact) mass is 870 g/mol. The van der Waals surface area contributed by atoms with Gasteiger partial charge in [0, 0.05) is 72.8 Å². The lowest BCUT2D eigenvalue weighted by atomic mass is 9.98. The van der Waals surface area contributed by atoms with Crippen molar-refractivity contribution in [3.8, 4) is 84.8 Å². The Bertz CT molecular complexity index is 2960. The number of methoxy groups -OCH3 is 3. The molecule has 0 spiro atoms. The van der Waals surface area contributed by atoms with Crippen molar-refractivity contribution in [3.63, 3.8) is 0 Å². The van der Waals surface area contributed by atoms with Gasteiger partial charge in [0.05, 0.1) is 0 Å². The first-order chi connectivity index (χ1) is 32.6. The van der Waals surface area contributed by atoms with Crippen molar-refractivity contribution < 1.29 is 28.4 Å². The van der Waals surface area contributed by atoms with E-state index in [1.807, 2.05) is 109 Å². The van der Waals surface area contributed by atoms with Crippen LogP contribution in [0, 0.1) is 0 Å². The maximum absolute atomic E-state index is 5.83. The van der Waals surface area contributed by atoms with Gasteiger partial charge in [-0.25, -0.2) is 15.0 Å². The number of ether oxygens (including phenoxy) is 6. The van der Waals surface area contributed by atoms with Crippen LogP contribution in [0.4, 0.5) is 0 Å². The number of hydrogen-bond donors (Lipinski definition) is 0. The van der Waals surface area contributed by atoms with E-state index in [1.165, 1.54) is 0 Å². The van der Waals surface area contributed by atoms with Crippen LogP contribution >= 0.6 is 0 Å². The van der Waals surface area contributed by atoms with Crippen LogP contribution < -0.4 is 14.2 Å². The molecule has 12 heteroatoms. The lowest BCUT2D eigenvalue weighted by molar-refractivity contribution is 0.0519. The normalized spacial score (nSPS) is 11.3. The summed E-state index contributed by atoms with van der Waals surface area (Å²) in [4.78, 5) is 29.1. The molecule has 0 saturated carbocycles. The molecule has 0 radical (unpaired) electrons. The number of aromatic nitrogens is 6. The van der Waals surface area contributed by atoms with Gasteiger partial charge in [0.1, 0.15) is 33.8 Å². The van der Waals surface area contributed by atoms with Crippen LogP contribution in [0.5, 0.6) is 17.2 Å². The Morgan fingerprint density at radius 2 is 0.591 bits per heavy atom. The van der Waals surface area contributed by atoms with Gasteiger partial charge >= 0.3 is 0 Å². The molecule has 0 aliphatic heterocycles. The van der Waals surface area contributed by atoms with E-state index < -0.39 is 0 Å². The highest BCUT2D eigenvalue weighted by atomic mass is 16.7. The molecule has 0 bridgehead atoms. The second-order valence-corrected chi connectivity index (χ2v) is 15.2. The topological polar surface area (TPSA) is 133 Å². The molecule has 10 aromatic rings. The second-order valence-electron chi connectivity index (χ2n) is 15.2. The SMILES string of the molecule is COCOc1ccc(-c2ccc(-c3nc(-c4ccc(-c5ccc(OCOC)c6ncccc56)cc4)nc(-c4ccc(-c5ccc(OCOC)c6ncccc56)cc4)n3)cc2)c2cccnc12. The molecule has 0 aliphatic rings. The first-order valence-electron chi connectivity index (χ1n) is 21.2. The molecule has 6 aromatic carbocycles. The molecule has 4 aromatic heterocycles. The van der Waals surface area contributed by atoms with Crippen LogP contribution in [0.1, 0.15) is 0 Å². The average molecular weight is 871 g/mol. The molecular formula is C54H42N6O6. The Kier molecular flexibility index (Phi) is 12.0. The third-order valence-electron chi connectivity index (χ3n) is 11.2. The first kappa shape index (κ1) is 41.8. The predicted octanol–water partition coefficient (Wildman–Crippen LogP) is 11.5. The number of nitrogens with zero attached hydrogens (tertiary/aromatic N) is 6. The van der Waals surface area contributed by atoms with Crippen molar-refractivity contribution in [1.82, 2.24) is 29.9 Å². The summed E-state index contributed by atoms with van der Waals surface area (Å²) in [5.74, 6) is 3.59. The van der Waals surface area contributed by atoms with Crippen LogP contribution in [-0.4, -0.2) is 71.6 Å². The highest BCUT2D eigenvalue weighted by molar-refractivity contribution is 6.00. The fraction of sp³-hybridized carbons (Fsp3) is 0.111. The summed E-state index contributed by atoms with van der Waals surface area (Å²) in [7, 11) is 4.79. The molecule has 10 rings (SSSR count). The van der Waals surface area contributed by atoms with Gasteiger partial charge in [-0.2, -0.15) is 0 Å². The minimum absolute atomic E-state index is 0.131. The maximum atomic E-state index is 5.83. The third-order valence-corrected chi connectivity index (χ3v) is 11.2. The van der Waals surface area contributed by atoms with Crippen molar-refractivity contribution in [1.29, 1.82) is 0 Å². The summed E-state index contributed by atoms with van der Waals surface area (Å²) in [6.45, 7) is 0.394. The fourth-order valence-corrected chi connectivity index (χ4v) is 8.07. The zero-order chi connectivity index (χ0) is 44.8. The minimum atomic E-state index is 0.131. The van der Waals surface area contributed by atoms with E-state index in [4.69, 9.17) is 43.4 Å². The summed E-state index contributed by atoms with van der Waals surface area (Å²) in [6, 6.07) is 48.6. The van der Waals surface area contributed by atoms with Gasteiger partial charge in [0.15, 0.2) is 37.9 Å². The van der Waals surface area contributed by atoms with Crippen molar-refractivity contribution >= 4 is 32.7 Å². The van der Waals surface area contributed by atoms with E-state index >= 15 is 0 Å². The largest absolute Gasteiger partial charge is 0.465 e. The molecule has 0 atom stereocenters. The van der Waals surface area contributed by atoms with E-state index in [-0.39, 0.29) is 20.4 Å². The third kappa shape index (κ3) is 8.35. The van der Waals surface area contributed by atoms with Crippen LogP contribution in [-0.2, 0) is 14.2 Å². The first-order valence-corrected chi connectivity index (χ1v) is 21.2. The average Bonchev–Trinajstić information content (AvgIpc) is 3.38. The molecule has 0 aliphatic carbocycles. The molecule has 324 valence electrons. The van der Waals surface area contributed by atoms with Crippen LogP contribution in [0.15, 0.2) is 164 Å². The van der Waals surface area contributed by atoms with E-state index in [0.717, 1.165) is 82.8 Å². The maximum Gasteiger partial charge on any atom is 0.188 e. The van der Waals surface area contributed by atoms with E-state index in [2.05, 4.69) is 51.4 Å². The Balaban J connectivity index is 1.03. The highest BCUT2D eigenvalue weighted by Gasteiger charge is 2.17. The quantitative estimate of drug-likeness (QED) is 0.0908. The molecule has 0 N–H and O–H groups in total. The van der Waals surface area contributed by atoms with E-state index in [9.17, 15) is 0 Å². The summed E-state index contributed by atoms with van der Waals surface area (Å²) in [5.41, 5.74) is 10.9. The number of hydrogen-bond acceptors (Lipinski definition) is 12. The number of fused-ring (bicyclic) bond motifs is 3. The fourth-order valence-electron chi connectivity index (χ4n) is 8.07. The van der Waals surface area contributed by atoms with Gasteiger partial charge in [0.2, 0.25) is 0 Å². The highest BCUT2D eigenvalue weighted by Crippen LogP contribution is 2.38. The number of rotatable bonds is 15. The Labute approximate surface area is 380 Å². The predicted molar refractivity (Wildman–Crippen MR) is 256 cm³/mol. The summed E-state index contributed by atoms with van der Waals surface area (Å²) in [5, 5.41) is 2.90. The van der Waals surface area contributed by atoms with Crippen LogP contribution in [0.25, 0.3) is 100 Å². The molecule has 66 heavy (non-hydrogen) atoms. The summed E-state index contributed by atoms with van der Waals surface area (Å²) >= 11 is 0. The minimum Gasteiger partial charge on any atom is -0.465 e. The zero-order valence-corrected chi connectivity index (χ0v) is 36.3. The Morgan fingerprint density at radius 3 is 0.864 bits per heavy atom. The van der Waals surface area contributed by atoms with Crippen molar-refractivity contribution in [2.75, 3.05) is 41.7 Å². The molecule has 0 unspecified atom stereocenters. The lowest BCUT2D eigenvalue weighted by Gasteiger charge is -2.13. The molecular weight excluding hydrogens is 829 g/mol. The van der Waals surface area contributed by atoms with Gasteiger partial charge in [-0.15, -0.1) is 0 Å². The Hall–Kier alpha value is -8.16. The van der Waals surface area contributed by atoms with Gasteiger partial charge < -0.3 is 28.4 Å². The summed E-state index contributed by atoms with van der Waals surface area (Å²) < 4.78 is 32.9. The van der Waals surface area contributed by atoms with E-state index in [0.29, 0.717) is 34.7 Å².